The minimum absolute atomic E-state index is 0.124. The zero-order valence-corrected chi connectivity index (χ0v) is 17.2. The number of amides is 2. The third kappa shape index (κ3) is 4.31. The Bertz CT molecular complexity index is 1260. The van der Waals surface area contributed by atoms with E-state index in [1.165, 1.54) is 21.9 Å². The lowest BCUT2D eigenvalue weighted by molar-refractivity contribution is 0.251. The Morgan fingerprint density at radius 2 is 1.97 bits per heavy atom. The van der Waals surface area contributed by atoms with Gasteiger partial charge in [-0.15, -0.1) is 0 Å². The molecule has 0 aliphatic heterocycles. The number of carbonyl (C=O) groups excluding carboxylic acids is 1. The molecule has 9 heteroatoms. The molecule has 0 unspecified atom stereocenters. The van der Waals surface area contributed by atoms with Crippen molar-refractivity contribution >= 4 is 28.0 Å². The summed E-state index contributed by atoms with van der Waals surface area (Å²) in [4.78, 5) is 29.5. The smallest absolute Gasteiger partial charge is 0.319 e. The van der Waals surface area contributed by atoms with E-state index in [2.05, 4.69) is 20.7 Å². The second-order valence-electron chi connectivity index (χ2n) is 6.59. The number of benzene rings is 2. The summed E-state index contributed by atoms with van der Waals surface area (Å²) in [7, 11) is 1.60. The molecule has 0 radical (unpaired) electrons. The van der Waals surface area contributed by atoms with Crippen molar-refractivity contribution in [1.29, 1.82) is 0 Å². The molecule has 2 aromatic carbocycles. The minimum Gasteiger partial charge on any atom is -0.497 e. The van der Waals surface area contributed by atoms with Crippen molar-refractivity contribution in [3.8, 4) is 16.3 Å². The highest BCUT2D eigenvalue weighted by atomic mass is 32.1. The van der Waals surface area contributed by atoms with E-state index in [9.17, 15) is 9.59 Å². The largest absolute Gasteiger partial charge is 0.497 e. The molecule has 2 N–H and O–H groups in total. The third-order valence-electron chi connectivity index (χ3n) is 4.34. The molecule has 30 heavy (non-hydrogen) atoms. The monoisotopic (exact) mass is 421 g/mol. The minimum atomic E-state index is -0.370. The Labute approximate surface area is 176 Å². The fraction of sp³-hybridized carbons (Fsp3) is 0.143. The fourth-order valence-electron chi connectivity index (χ4n) is 2.87. The molecule has 4 aromatic rings. The van der Waals surface area contributed by atoms with Crippen molar-refractivity contribution in [3.63, 3.8) is 0 Å². The van der Waals surface area contributed by atoms with Crippen LogP contribution in [0.2, 0.25) is 0 Å². The molecule has 2 aromatic heterocycles. The van der Waals surface area contributed by atoms with Crippen LogP contribution in [-0.4, -0.2) is 27.7 Å². The maximum atomic E-state index is 12.4. The van der Waals surface area contributed by atoms with E-state index < -0.39 is 0 Å². The molecule has 8 nitrogen and oxygen atoms in total. The van der Waals surface area contributed by atoms with Gasteiger partial charge in [-0.25, -0.2) is 9.78 Å². The van der Waals surface area contributed by atoms with Crippen LogP contribution in [0.15, 0.2) is 59.4 Å². The lowest BCUT2D eigenvalue weighted by Gasteiger charge is -2.07. The summed E-state index contributed by atoms with van der Waals surface area (Å²) in [5, 5.41) is 10.5. The van der Waals surface area contributed by atoms with Crippen molar-refractivity contribution < 1.29 is 9.53 Å². The molecule has 0 atom stereocenters. The summed E-state index contributed by atoms with van der Waals surface area (Å²) in [6.45, 7) is 2.07. The number of anilines is 1. The van der Waals surface area contributed by atoms with Gasteiger partial charge in [0.05, 0.1) is 19.3 Å². The van der Waals surface area contributed by atoms with Crippen LogP contribution in [0, 0.1) is 6.92 Å². The number of urea groups is 1. The first-order valence-corrected chi connectivity index (χ1v) is 9.99. The van der Waals surface area contributed by atoms with Crippen LogP contribution in [0.5, 0.6) is 5.75 Å². The maximum Gasteiger partial charge on any atom is 0.319 e. The van der Waals surface area contributed by atoms with Gasteiger partial charge in [0.15, 0.2) is 0 Å². The van der Waals surface area contributed by atoms with Gasteiger partial charge in [0.1, 0.15) is 10.8 Å². The average molecular weight is 421 g/mol. The van der Waals surface area contributed by atoms with E-state index in [-0.39, 0.29) is 18.1 Å². The maximum absolute atomic E-state index is 12.4. The number of ether oxygens (including phenoxy) is 1. The van der Waals surface area contributed by atoms with Crippen molar-refractivity contribution in [2.45, 2.75) is 13.5 Å². The predicted octanol–water partition coefficient (Wildman–Crippen LogP) is 3.46. The number of methoxy groups -OCH3 is 1. The summed E-state index contributed by atoms with van der Waals surface area (Å²) < 4.78 is 6.43. The molecule has 0 aliphatic rings. The summed E-state index contributed by atoms with van der Waals surface area (Å²) in [5.41, 5.74) is 2.77. The summed E-state index contributed by atoms with van der Waals surface area (Å²) in [5.74, 6) is 0.743. The van der Waals surface area contributed by atoms with E-state index in [0.717, 1.165) is 16.9 Å². The van der Waals surface area contributed by atoms with Gasteiger partial charge in [0.25, 0.3) is 5.56 Å². The first kappa shape index (κ1) is 19.6. The van der Waals surface area contributed by atoms with Crippen LogP contribution in [0.25, 0.3) is 15.5 Å². The van der Waals surface area contributed by atoms with E-state index in [1.807, 2.05) is 49.4 Å². The van der Waals surface area contributed by atoms with Gasteiger partial charge in [-0.2, -0.15) is 9.61 Å². The topological polar surface area (TPSA) is 97.6 Å². The second kappa shape index (κ2) is 8.34. The Hall–Kier alpha value is -3.72. The van der Waals surface area contributed by atoms with Gasteiger partial charge in [-0.1, -0.05) is 23.5 Å². The van der Waals surface area contributed by atoms with E-state index in [4.69, 9.17) is 4.74 Å². The number of hydrogen-bond donors (Lipinski definition) is 2. The quantitative estimate of drug-likeness (QED) is 0.514. The summed E-state index contributed by atoms with van der Waals surface area (Å²) in [6.07, 6.45) is 0. The molecular weight excluding hydrogens is 402 g/mol. The Morgan fingerprint density at radius 3 is 2.70 bits per heavy atom. The fourth-order valence-corrected chi connectivity index (χ4v) is 3.80. The third-order valence-corrected chi connectivity index (χ3v) is 5.30. The molecule has 2 heterocycles. The van der Waals surface area contributed by atoms with Crippen molar-refractivity contribution in [2.24, 2.45) is 0 Å². The van der Waals surface area contributed by atoms with Crippen LogP contribution in [0.3, 0.4) is 0 Å². The molecular formula is C21H19N5O3S. The second-order valence-corrected chi connectivity index (χ2v) is 7.55. The standard InChI is InChI=1S/C21H19N5O3S/c1-13-4-3-5-15(10-13)23-20(28)22-12-16-11-18(27)26-21(24-16)30-19(25-26)14-6-8-17(29-2)9-7-14/h3-11H,12H2,1-2H3,(H2,22,23,28). The molecule has 0 aliphatic carbocycles. The van der Waals surface area contributed by atoms with Crippen molar-refractivity contribution in [1.82, 2.24) is 19.9 Å². The van der Waals surface area contributed by atoms with Crippen LogP contribution in [-0.2, 0) is 6.54 Å². The highest BCUT2D eigenvalue weighted by Gasteiger charge is 2.11. The summed E-state index contributed by atoms with van der Waals surface area (Å²) >= 11 is 1.30. The van der Waals surface area contributed by atoms with Crippen LogP contribution in [0.1, 0.15) is 11.3 Å². The van der Waals surface area contributed by atoms with E-state index >= 15 is 0 Å². The Balaban J connectivity index is 1.49. The van der Waals surface area contributed by atoms with E-state index in [0.29, 0.717) is 21.3 Å². The molecule has 2 amide bonds. The number of carbonyl (C=O) groups is 1. The highest BCUT2D eigenvalue weighted by molar-refractivity contribution is 7.19. The number of aryl methyl sites for hydroxylation is 1. The number of hydrogen-bond acceptors (Lipinski definition) is 6. The number of nitrogens with zero attached hydrogens (tertiary/aromatic N) is 3. The highest BCUT2D eigenvalue weighted by Crippen LogP contribution is 2.26. The molecule has 0 saturated carbocycles. The van der Waals surface area contributed by atoms with Gasteiger partial charge in [-0.3, -0.25) is 4.79 Å². The molecule has 152 valence electrons. The van der Waals surface area contributed by atoms with Crippen molar-refractivity contribution in [3.05, 3.63) is 76.2 Å². The zero-order chi connectivity index (χ0) is 21.1. The van der Waals surface area contributed by atoms with Gasteiger partial charge in [-0.05, 0) is 48.9 Å². The number of aromatic nitrogens is 3. The summed E-state index contributed by atoms with van der Waals surface area (Å²) in [6, 6.07) is 15.9. The normalized spacial score (nSPS) is 10.7. The molecule has 0 bridgehead atoms. The zero-order valence-electron chi connectivity index (χ0n) is 16.4. The Morgan fingerprint density at radius 1 is 1.17 bits per heavy atom. The average Bonchev–Trinajstić information content (AvgIpc) is 3.17. The van der Waals surface area contributed by atoms with Crippen molar-refractivity contribution in [2.75, 3.05) is 12.4 Å². The van der Waals surface area contributed by atoms with Crippen LogP contribution in [0.4, 0.5) is 10.5 Å². The number of fused-ring (bicyclic) bond motifs is 1. The van der Waals surface area contributed by atoms with Crippen LogP contribution < -0.4 is 20.9 Å². The van der Waals surface area contributed by atoms with Gasteiger partial charge in [0, 0.05) is 17.3 Å². The lowest BCUT2D eigenvalue weighted by Crippen LogP contribution is -2.29. The molecule has 0 saturated heterocycles. The number of rotatable bonds is 5. The molecule has 0 spiro atoms. The van der Waals surface area contributed by atoms with Gasteiger partial charge < -0.3 is 15.4 Å². The first-order chi connectivity index (χ1) is 14.5. The van der Waals surface area contributed by atoms with Gasteiger partial charge in [0.2, 0.25) is 4.96 Å². The predicted molar refractivity (Wildman–Crippen MR) is 116 cm³/mol. The Kier molecular flexibility index (Phi) is 5.44. The van der Waals surface area contributed by atoms with E-state index in [1.54, 1.807) is 13.2 Å². The van der Waals surface area contributed by atoms with Gasteiger partial charge >= 0.3 is 6.03 Å². The molecule has 4 rings (SSSR count). The SMILES string of the molecule is COc1ccc(-c2nn3c(=O)cc(CNC(=O)Nc4cccc(C)c4)nc3s2)cc1. The number of nitrogens with one attached hydrogen (secondary N) is 2. The van der Waals surface area contributed by atoms with Crippen LogP contribution >= 0.6 is 11.3 Å². The molecule has 0 fully saturated rings. The first-order valence-electron chi connectivity index (χ1n) is 9.17. The lowest BCUT2D eigenvalue weighted by atomic mass is 10.2.